The Morgan fingerprint density at radius 3 is 2.68 bits per heavy atom. The number of nitrogens with zero attached hydrogens (tertiary/aromatic N) is 3. The fourth-order valence-corrected chi connectivity index (χ4v) is 4.72. The van der Waals surface area contributed by atoms with E-state index in [1.807, 2.05) is 41.3 Å². The first-order valence-corrected chi connectivity index (χ1v) is 9.66. The molecule has 4 rings (SSSR count). The fraction of sp³-hybridized carbons (Fsp3) is 0.263. The molecule has 0 saturated carbocycles. The number of amides is 1. The number of benzene rings is 1. The van der Waals surface area contributed by atoms with Crippen molar-refractivity contribution in [2.75, 3.05) is 18.8 Å². The first-order valence-electron chi connectivity index (χ1n) is 8.68. The van der Waals surface area contributed by atoms with Gasteiger partial charge in [-0.3, -0.25) is 15.2 Å². The molecule has 2 aliphatic heterocycles. The lowest BCUT2D eigenvalue weighted by molar-refractivity contribution is 0.0977. The van der Waals surface area contributed by atoms with E-state index in [9.17, 15) is 4.79 Å². The normalized spacial score (nSPS) is 23.2. The molecule has 1 aromatic carbocycles. The van der Waals surface area contributed by atoms with Crippen LogP contribution in [0.4, 0.5) is 0 Å². The maximum atomic E-state index is 12.5. The van der Waals surface area contributed by atoms with Crippen LogP contribution in [0, 0.1) is 11.3 Å². The molecule has 1 aromatic heterocycles. The number of nitrogens with two attached hydrogens (primary N) is 1. The maximum absolute atomic E-state index is 12.5. The summed E-state index contributed by atoms with van der Waals surface area (Å²) in [6, 6.07) is 14.8. The zero-order valence-electron chi connectivity index (χ0n) is 15.0. The van der Waals surface area contributed by atoms with E-state index in [2.05, 4.69) is 10.3 Å². The van der Waals surface area contributed by atoms with Crippen molar-refractivity contribution in [2.45, 2.75) is 5.54 Å². The quantitative estimate of drug-likeness (QED) is 0.513. The molecule has 1 fully saturated rings. The van der Waals surface area contributed by atoms with Gasteiger partial charge in [-0.1, -0.05) is 36.0 Å². The number of guanidine groups is 1. The molecule has 0 spiro atoms. The minimum absolute atomic E-state index is 0. The van der Waals surface area contributed by atoms with Crippen molar-refractivity contribution in [3.05, 3.63) is 66.0 Å². The number of aliphatic imine (C=N–C) groups is 1. The second-order valence-electron chi connectivity index (χ2n) is 6.65. The van der Waals surface area contributed by atoms with Crippen LogP contribution >= 0.6 is 24.2 Å². The number of halogens is 1. The number of likely N-dealkylation sites (tertiary alicyclic amines) is 1. The Morgan fingerprint density at radius 1 is 1.25 bits per heavy atom. The number of hydrogen-bond acceptors (Lipinski definition) is 5. The Labute approximate surface area is 173 Å². The standard InChI is InChI=1S/C19H20N6OS.ClH/c20-17(21)25-10-14-11-27-18(23-16(26)13-6-2-1-3-7-13)24-19(14,12-25)15-8-4-5-9-22-15;/h1-9,14H,10-12H2,(H3,20,21)(H,23,24,26);1H/t14-,19-;/m0./s1. The molecule has 28 heavy (non-hydrogen) atoms. The molecule has 0 radical (unpaired) electrons. The van der Waals surface area contributed by atoms with Gasteiger partial charge in [0.05, 0.1) is 12.2 Å². The van der Waals surface area contributed by atoms with Crippen LogP contribution in [0.3, 0.4) is 0 Å². The third kappa shape index (κ3) is 3.70. The van der Waals surface area contributed by atoms with Crippen LogP contribution in [0.2, 0.25) is 0 Å². The highest BCUT2D eigenvalue weighted by molar-refractivity contribution is 8.13. The molecule has 2 aliphatic rings. The fourth-order valence-electron chi connectivity index (χ4n) is 3.58. The first kappa shape index (κ1) is 20.2. The van der Waals surface area contributed by atoms with Gasteiger partial charge in [0.15, 0.2) is 11.1 Å². The van der Waals surface area contributed by atoms with Crippen molar-refractivity contribution in [3.8, 4) is 0 Å². The van der Waals surface area contributed by atoms with Crippen molar-refractivity contribution in [1.82, 2.24) is 15.2 Å². The Bertz CT molecular complexity index is 894. The third-order valence-corrected chi connectivity index (χ3v) is 6.01. The second-order valence-corrected chi connectivity index (χ2v) is 7.66. The lowest BCUT2D eigenvalue weighted by Gasteiger charge is -2.34. The number of carbonyl (C=O) groups is 1. The van der Waals surface area contributed by atoms with Crippen molar-refractivity contribution < 1.29 is 4.79 Å². The molecular formula is C19H21ClN6OS. The Hall–Kier alpha value is -2.58. The van der Waals surface area contributed by atoms with E-state index in [1.165, 1.54) is 11.8 Å². The largest absolute Gasteiger partial charge is 0.370 e. The average molecular weight is 417 g/mol. The summed E-state index contributed by atoms with van der Waals surface area (Å²) in [5.41, 5.74) is 6.56. The van der Waals surface area contributed by atoms with Gasteiger partial charge in [-0.05, 0) is 24.3 Å². The zero-order valence-corrected chi connectivity index (χ0v) is 16.7. The van der Waals surface area contributed by atoms with Gasteiger partial charge in [0.1, 0.15) is 5.54 Å². The van der Waals surface area contributed by atoms with E-state index in [0.29, 0.717) is 23.8 Å². The van der Waals surface area contributed by atoms with E-state index in [1.54, 1.807) is 18.3 Å². The summed E-state index contributed by atoms with van der Waals surface area (Å²) >= 11 is 1.52. The van der Waals surface area contributed by atoms with Gasteiger partial charge >= 0.3 is 0 Å². The monoisotopic (exact) mass is 416 g/mol. The van der Waals surface area contributed by atoms with Crippen LogP contribution in [0.25, 0.3) is 0 Å². The summed E-state index contributed by atoms with van der Waals surface area (Å²) in [6.45, 7) is 1.14. The lowest BCUT2D eigenvalue weighted by Crippen LogP contribution is -2.43. The number of aromatic nitrogens is 1. The molecule has 0 unspecified atom stereocenters. The van der Waals surface area contributed by atoms with Crippen LogP contribution in [0.5, 0.6) is 0 Å². The zero-order chi connectivity index (χ0) is 18.9. The summed E-state index contributed by atoms with van der Waals surface area (Å²) < 4.78 is 0. The molecule has 1 saturated heterocycles. The van der Waals surface area contributed by atoms with Crippen molar-refractivity contribution in [2.24, 2.45) is 16.6 Å². The molecule has 2 aromatic rings. The smallest absolute Gasteiger partial charge is 0.257 e. The number of fused-ring (bicyclic) bond motifs is 1. The van der Waals surface area contributed by atoms with E-state index < -0.39 is 5.54 Å². The maximum Gasteiger partial charge on any atom is 0.257 e. The molecule has 4 N–H and O–H groups in total. The molecule has 7 nitrogen and oxygen atoms in total. The Balaban J connectivity index is 0.00000225. The molecule has 146 valence electrons. The molecule has 0 aliphatic carbocycles. The summed E-state index contributed by atoms with van der Waals surface area (Å²) in [7, 11) is 0. The molecule has 0 bridgehead atoms. The minimum Gasteiger partial charge on any atom is -0.370 e. The van der Waals surface area contributed by atoms with Crippen molar-refractivity contribution in [3.63, 3.8) is 0 Å². The lowest BCUT2D eigenvalue weighted by atomic mass is 9.85. The first-order chi connectivity index (χ1) is 13.1. The Kier molecular flexibility index (Phi) is 5.90. The van der Waals surface area contributed by atoms with Crippen molar-refractivity contribution in [1.29, 1.82) is 5.41 Å². The van der Waals surface area contributed by atoms with Gasteiger partial charge in [-0.2, -0.15) is 0 Å². The highest BCUT2D eigenvalue weighted by Gasteiger charge is 2.51. The van der Waals surface area contributed by atoms with Crippen LogP contribution in [0.15, 0.2) is 59.7 Å². The molecule has 9 heteroatoms. The topological polar surface area (TPSA) is 107 Å². The number of nitrogens with one attached hydrogen (secondary N) is 2. The van der Waals surface area contributed by atoms with Crippen LogP contribution in [0.1, 0.15) is 16.1 Å². The SMILES string of the molecule is Cl.N=C(N)N1C[C@H]2CSC(NC(=O)c3ccccc3)=N[C@@]2(c2ccccn2)C1. The number of thioether (sulfide) groups is 1. The number of rotatable bonds is 2. The molecule has 1 amide bonds. The predicted molar refractivity (Wildman–Crippen MR) is 114 cm³/mol. The van der Waals surface area contributed by atoms with Gasteiger partial charge in [0.25, 0.3) is 5.91 Å². The van der Waals surface area contributed by atoms with Gasteiger partial charge in [-0.15, -0.1) is 12.4 Å². The highest BCUT2D eigenvalue weighted by Crippen LogP contribution is 2.44. The summed E-state index contributed by atoms with van der Waals surface area (Å²) in [5.74, 6) is 0.792. The summed E-state index contributed by atoms with van der Waals surface area (Å²) in [4.78, 5) is 23.8. The number of pyridine rings is 1. The van der Waals surface area contributed by atoms with Crippen LogP contribution in [-0.2, 0) is 5.54 Å². The summed E-state index contributed by atoms with van der Waals surface area (Å²) in [5, 5.41) is 11.3. The highest BCUT2D eigenvalue weighted by atomic mass is 35.5. The van der Waals surface area contributed by atoms with Gasteiger partial charge in [0, 0.05) is 30.0 Å². The summed E-state index contributed by atoms with van der Waals surface area (Å²) in [6.07, 6.45) is 1.75. The van der Waals surface area contributed by atoms with Gasteiger partial charge in [0.2, 0.25) is 0 Å². The van der Waals surface area contributed by atoms with Gasteiger partial charge < -0.3 is 16.0 Å². The minimum atomic E-state index is -0.614. The molecule has 3 heterocycles. The average Bonchev–Trinajstić information content (AvgIpc) is 3.10. The predicted octanol–water partition coefficient (Wildman–Crippen LogP) is 2.06. The van der Waals surface area contributed by atoms with E-state index in [-0.39, 0.29) is 30.2 Å². The van der Waals surface area contributed by atoms with E-state index in [4.69, 9.17) is 16.1 Å². The molecular weight excluding hydrogens is 396 g/mol. The third-order valence-electron chi connectivity index (χ3n) is 4.98. The number of amidine groups is 1. The molecule has 2 atom stereocenters. The van der Waals surface area contributed by atoms with Crippen LogP contribution in [-0.4, -0.2) is 45.8 Å². The number of carbonyl (C=O) groups excluding carboxylic acids is 1. The van der Waals surface area contributed by atoms with Crippen molar-refractivity contribution >= 4 is 41.2 Å². The van der Waals surface area contributed by atoms with E-state index in [0.717, 1.165) is 11.4 Å². The Morgan fingerprint density at radius 2 is 2.00 bits per heavy atom. The number of hydrogen-bond donors (Lipinski definition) is 3. The van der Waals surface area contributed by atoms with E-state index >= 15 is 0 Å². The second kappa shape index (κ2) is 8.20. The van der Waals surface area contributed by atoms with Crippen LogP contribution < -0.4 is 11.1 Å². The van der Waals surface area contributed by atoms with Gasteiger partial charge in [-0.25, -0.2) is 4.99 Å².